The van der Waals surface area contributed by atoms with Gasteiger partial charge in [0.25, 0.3) is 5.91 Å². The second-order valence-corrected chi connectivity index (χ2v) is 4.51. The molecule has 0 saturated carbocycles. The molecule has 1 unspecified atom stereocenters. The molecule has 0 aromatic heterocycles. The SMILES string of the molecule is NCC#Cc1ccc(C(=O)N2CCOC(CO)C2)cc1. The summed E-state index contributed by atoms with van der Waals surface area (Å²) in [4.78, 5) is 14.0. The van der Waals surface area contributed by atoms with E-state index >= 15 is 0 Å². The van der Waals surface area contributed by atoms with Crippen molar-refractivity contribution in [2.45, 2.75) is 6.10 Å². The van der Waals surface area contributed by atoms with Crippen LogP contribution in [0.3, 0.4) is 0 Å². The van der Waals surface area contributed by atoms with Crippen LogP contribution in [0.25, 0.3) is 0 Å². The van der Waals surface area contributed by atoms with Gasteiger partial charge in [-0.1, -0.05) is 11.8 Å². The molecular weight excluding hydrogens is 256 g/mol. The molecule has 5 nitrogen and oxygen atoms in total. The first-order chi connectivity index (χ1) is 9.74. The van der Waals surface area contributed by atoms with Crippen LogP contribution < -0.4 is 5.73 Å². The van der Waals surface area contributed by atoms with Crippen molar-refractivity contribution in [3.05, 3.63) is 35.4 Å². The van der Waals surface area contributed by atoms with Gasteiger partial charge in [0.1, 0.15) is 0 Å². The fourth-order valence-corrected chi connectivity index (χ4v) is 2.05. The second-order valence-electron chi connectivity index (χ2n) is 4.51. The van der Waals surface area contributed by atoms with E-state index in [0.29, 0.717) is 31.8 Å². The van der Waals surface area contributed by atoms with E-state index in [2.05, 4.69) is 11.8 Å². The highest BCUT2D eigenvalue weighted by Gasteiger charge is 2.24. The number of benzene rings is 1. The molecule has 2 rings (SSSR count). The third-order valence-corrected chi connectivity index (χ3v) is 3.10. The maximum Gasteiger partial charge on any atom is 0.254 e. The van der Waals surface area contributed by atoms with Crippen LogP contribution in [0.2, 0.25) is 0 Å². The minimum atomic E-state index is -0.289. The molecule has 1 aromatic rings. The number of amides is 1. The minimum absolute atomic E-state index is 0.0508. The van der Waals surface area contributed by atoms with Gasteiger partial charge in [-0.2, -0.15) is 0 Å². The summed E-state index contributed by atoms with van der Waals surface area (Å²) in [5.41, 5.74) is 6.76. The Morgan fingerprint density at radius 1 is 1.45 bits per heavy atom. The smallest absolute Gasteiger partial charge is 0.254 e. The molecule has 20 heavy (non-hydrogen) atoms. The molecule has 1 amide bonds. The molecule has 0 radical (unpaired) electrons. The Bertz CT molecular complexity index is 516. The van der Waals surface area contributed by atoms with Gasteiger partial charge in [0.05, 0.1) is 25.9 Å². The summed E-state index contributed by atoms with van der Waals surface area (Å²) < 4.78 is 5.33. The van der Waals surface area contributed by atoms with Crippen molar-refractivity contribution < 1.29 is 14.6 Å². The van der Waals surface area contributed by atoms with Crippen molar-refractivity contribution in [1.82, 2.24) is 4.90 Å². The maximum absolute atomic E-state index is 12.3. The van der Waals surface area contributed by atoms with E-state index in [1.807, 2.05) is 0 Å². The molecule has 5 heteroatoms. The molecule has 1 atom stereocenters. The predicted molar refractivity (Wildman–Crippen MR) is 75.1 cm³/mol. The molecule has 1 fully saturated rings. The third kappa shape index (κ3) is 3.58. The van der Waals surface area contributed by atoms with E-state index in [1.165, 1.54) is 0 Å². The van der Waals surface area contributed by atoms with Gasteiger partial charge in [-0.25, -0.2) is 0 Å². The van der Waals surface area contributed by atoms with Crippen molar-refractivity contribution in [2.75, 3.05) is 32.8 Å². The van der Waals surface area contributed by atoms with Gasteiger partial charge in [-0.15, -0.1) is 0 Å². The summed E-state index contributed by atoms with van der Waals surface area (Å²) in [6.45, 7) is 1.67. The number of ether oxygens (including phenoxy) is 1. The Labute approximate surface area is 118 Å². The van der Waals surface area contributed by atoms with E-state index in [4.69, 9.17) is 15.6 Å². The third-order valence-electron chi connectivity index (χ3n) is 3.10. The monoisotopic (exact) mass is 274 g/mol. The summed E-state index contributed by atoms with van der Waals surface area (Å²) in [5, 5.41) is 9.09. The molecular formula is C15H18N2O3. The van der Waals surface area contributed by atoms with E-state index in [0.717, 1.165) is 5.56 Å². The van der Waals surface area contributed by atoms with Gasteiger partial charge in [-0.3, -0.25) is 4.79 Å². The Hall–Kier alpha value is -1.87. The lowest BCUT2D eigenvalue weighted by molar-refractivity contribution is -0.0447. The van der Waals surface area contributed by atoms with Crippen LogP contribution in [0.15, 0.2) is 24.3 Å². The number of hydrogen-bond acceptors (Lipinski definition) is 4. The largest absolute Gasteiger partial charge is 0.394 e. The standard InChI is InChI=1S/C15H18N2O3/c16-7-1-2-12-3-5-13(6-4-12)15(19)17-8-9-20-14(10-17)11-18/h3-6,14,18H,7-11,16H2. The van der Waals surface area contributed by atoms with Crippen LogP contribution in [-0.2, 0) is 4.74 Å². The van der Waals surface area contributed by atoms with Gasteiger partial charge >= 0.3 is 0 Å². The Morgan fingerprint density at radius 2 is 2.20 bits per heavy atom. The fraction of sp³-hybridized carbons (Fsp3) is 0.400. The maximum atomic E-state index is 12.3. The number of carbonyl (C=O) groups is 1. The lowest BCUT2D eigenvalue weighted by atomic mass is 10.1. The van der Waals surface area contributed by atoms with Gasteiger partial charge < -0.3 is 20.5 Å². The van der Waals surface area contributed by atoms with Crippen molar-refractivity contribution in [2.24, 2.45) is 5.73 Å². The number of carbonyl (C=O) groups excluding carboxylic acids is 1. The Balaban J connectivity index is 2.05. The number of hydrogen-bond donors (Lipinski definition) is 2. The summed E-state index contributed by atoms with van der Waals surface area (Å²) in [5.74, 6) is 5.63. The lowest BCUT2D eigenvalue weighted by Gasteiger charge is -2.32. The zero-order valence-corrected chi connectivity index (χ0v) is 11.2. The fourth-order valence-electron chi connectivity index (χ4n) is 2.05. The van der Waals surface area contributed by atoms with Gasteiger partial charge in [0.2, 0.25) is 0 Å². The quantitative estimate of drug-likeness (QED) is 0.734. The molecule has 0 aliphatic carbocycles. The van der Waals surface area contributed by atoms with E-state index in [1.54, 1.807) is 29.2 Å². The zero-order chi connectivity index (χ0) is 14.4. The summed E-state index contributed by atoms with van der Waals surface area (Å²) >= 11 is 0. The first kappa shape index (κ1) is 14.5. The van der Waals surface area contributed by atoms with Crippen molar-refractivity contribution in [1.29, 1.82) is 0 Å². The number of aliphatic hydroxyl groups is 1. The second kappa shape index (κ2) is 7.06. The highest BCUT2D eigenvalue weighted by molar-refractivity contribution is 5.94. The lowest BCUT2D eigenvalue weighted by Crippen LogP contribution is -2.46. The van der Waals surface area contributed by atoms with Gasteiger partial charge in [0.15, 0.2) is 0 Å². The predicted octanol–water partition coefficient (Wildman–Crippen LogP) is -0.170. The highest BCUT2D eigenvalue weighted by Crippen LogP contribution is 2.11. The number of nitrogens with zero attached hydrogens (tertiary/aromatic N) is 1. The number of morpholine rings is 1. The van der Waals surface area contributed by atoms with Gasteiger partial charge in [-0.05, 0) is 24.3 Å². The van der Waals surface area contributed by atoms with Crippen LogP contribution in [0.5, 0.6) is 0 Å². The highest BCUT2D eigenvalue weighted by atomic mass is 16.5. The average Bonchev–Trinajstić information content (AvgIpc) is 2.52. The first-order valence-corrected chi connectivity index (χ1v) is 6.55. The Kier molecular flexibility index (Phi) is 5.13. The summed E-state index contributed by atoms with van der Waals surface area (Å²) in [6, 6.07) is 7.12. The molecule has 1 saturated heterocycles. The van der Waals surface area contributed by atoms with Crippen molar-refractivity contribution in [3.8, 4) is 11.8 Å². The molecule has 3 N–H and O–H groups in total. The van der Waals surface area contributed by atoms with E-state index in [-0.39, 0.29) is 18.6 Å². The van der Waals surface area contributed by atoms with Crippen LogP contribution in [0.4, 0.5) is 0 Å². The normalized spacial score (nSPS) is 18.3. The molecule has 106 valence electrons. The molecule has 1 aliphatic rings. The molecule has 1 aromatic carbocycles. The summed E-state index contributed by atoms with van der Waals surface area (Å²) in [6.07, 6.45) is -0.289. The number of nitrogens with two attached hydrogens (primary N) is 1. The zero-order valence-electron chi connectivity index (χ0n) is 11.2. The Morgan fingerprint density at radius 3 is 2.85 bits per heavy atom. The van der Waals surface area contributed by atoms with Gasteiger partial charge in [0, 0.05) is 24.2 Å². The van der Waals surface area contributed by atoms with Crippen molar-refractivity contribution in [3.63, 3.8) is 0 Å². The molecule has 0 spiro atoms. The van der Waals surface area contributed by atoms with Crippen LogP contribution >= 0.6 is 0 Å². The average molecular weight is 274 g/mol. The summed E-state index contributed by atoms with van der Waals surface area (Å²) in [7, 11) is 0. The molecule has 0 bridgehead atoms. The van der Waals surface area contributed by atoms with Crippen LogP contribution in [-0.4, -0.2) is 54.9 Å². The topological polar surface area (TPSA) is 75.8 Å². The van der Waals surface area contributed by atoms with Crippen molar-refractivity contribution >= 4 is 5.91 Å². The van der Waals surface area contributed by atoms with E-state index < -0.39 is 0 Å². The number of aliphatic hydroxyl groups excluding tert-OH is 1. The number of rotatable bonds is 2. The van der Waals surface area contributed by atoms with E-state index in [9.17, 15) is 4.79 Å². The first-order valence-electron chi connectivity index (χ1n) is 6.55. The minimum Gasteiger partial charge on any atom is -0.394 e. The molecule has 1 heterocycles. The molecule has 1 aliphatic heterocycles. The van der Waals surface area contributed by atoms with Crippen LogP contribution in [0, 0.1) is 11.8 Å². The van der Waals surface area contributed by atoms with Crippen LogP contribution in [0.1, 0.15) is 15.9 Å².